The number of fused-ring (bicyclic) bond motifs is 9. The number of furan rings is 1. The highest BCUT2D eigenvalue weighted by molar-refractivity contribution is 7.26. The Balaban J connectivity index is 0.979. The number of thiophene rings is 1. The minimum absolute atomic E-state index is 0.118. The molecule has 0 unspecified atom stereocenters. The largest absolute Gasteiger partial charge is 0.456 e. The van der Waals surface area contributed by atoms with Crippen molar-refractivity contribution >= 4 is 53.4 Å². The minimum Gasteiger partial charge on any atom is -0.456 e. The standard InChI is InChI=1S/C60H39N3OS/c1-60(2)50-28-8-6-21-43(50)45-24-12-23-42(55(45)60)40-19-10-18-38(33-40)39-31-32-51-49(35-39)54-47(26-14-29-52(54)64-51)58-61-57(41-20-11-17-37(34-41)36-15-4-3-5-16-36)62-59(63-58)48-27-13-25-46-44-22-7-9-30-53(44)65-56(46)48/h3-35H,1-2H3. The molecule has 0 atom stereocenters. The van der Waals surface area contributed by atoms with Gasteiger partial charge in [-0.1, -0.05) is 172 Å². The monoisotopic (exact) mass is 849 g/mol. The van der Waals surface area contributed by atoms with Crippen LogP contribution in [0.25, 0.3) is 121 Å². The lowest BCUT2D eigenvalue weighted by atomic mass is 9.78. The first kappa shape index (κ1) is 37.6. The zero-order valence-corrected chi connectivity index (χ0v) is 36.5. The summed E-state index contributed by atoms with van der Waals surface area (Å²) in [4.78, 5) is 15.9. The highest BCUT2D eigenvalue weighted by atomic mass is 32.1. The van der Waals surface area contributed by atoms with Crippen LogP contribution in [0.5, 0.6) is 0 Å². The van der Waals surface area contributed by atoms with Gasteiger partial charge in [-0.05, 0) is 98.1 Å². The Morgan fingerprint density at radius 1 is 0.385 bits per heavy atom. The van der Waals surface area contributed by atoms with Crippen molar-refractivity contribution in [3.63, 3.8) is 0 Å². The van der Waals surface area contributed by atoms with Crippen LogP contribution in [0.3, 0.4) is 0 Å². The summed E-state index contributed by atoms with van der Waals surface area (Å²) in [6.07, 6.45) is 0. The Bertz CT molecular complexity index is 3880. The average Bonchev–Trinajstić information content (AvgIpc) is 4.01. The summed E-state index contributed by atoms with van der Waals surface area (Å²) in [6, 6.07) is 71.3. The second-order valence-electron chi connectivity index (χ2n) is 17.5. The molecule has 0 aliphatic heterocycles. The van der Waals surface area contributed by atoms with Gasteiger partial charge in [-0.15, -0.1) is 11.3 Å². The van der Waals surface area contributed by atoms with E-state index in [-0.39, 0.29) is 5.41 Å². The molecule has 0 bridgehead atoms. The first-order valence-electron chi connectivity index (χ1n) is 22.1. The third-order valence-corrected chi connectivity index (χ3v) is 14.6. The molecule has 0 fully saturated rings. The van der Waals surface area contributed by atoms with Crippen molar-refractivity contribution in [3.8, 4) is 78.7 Å². The quantitative estimate of drug-likeness (QED) is 0.167. The maximum Gasteiger partial charge on any atom is 0.165 e. The van der Waals surface area contributed by atoms with E-state index in [9.17, 15) is 0 Å². The first-order chi connectivity index (χ1) is 32.0. The van der Waals surface area contributed by atoms with Crippen LogP contribution >= 0.6 is 11.3 Å². The van der Waals surface area contributed by atoms with Gasteiger partial charge in [0.15, 0.2) is 17.5 Å². The molecule has 3 heterocycles. The summed E-state index contributed by atoms with van der Waals surface area (Å²) in [5.41, 5.74) is 16.6. The molecule has 5 heteroatoms. The van der Waals surface area contributed by atoms with E-state index in [4.69, 9.17) is 19.4 Å². The lowest BCUT2D eigenvalue weighted by Gasteiger charge is -2.24. The molecule has 0 amide bonds. The number of hydrogen-bond donors (Lipinski definition) is 0. The summed E-state index contributed by atoms with van der Waals surface area (Å²) in [5, 5.41) is 4.42. The highest BCUT2D eigenvalue weighted by Gasteiger charge is 2.37. The van der Waals surface area contributed by atoms with Gasteiger partial charge >= 0.3 is 0 Å². The van der Waals surface area contributed by atoms with Crippen LogP contribution in [0.15, 0.2) is 205 Å². The molecule has 0 N–H and O–H groups in total. The number of nitrogens with zero attached hydrogens (tertiary/aromatic N) is 3. The summed E-state index contributed by atoms with van der Waals surface area (Å²) < 4.78 is 9.01. The first-order valence-corrected chi connectivity index (χ1v) is 22.9. The third kappa shape index (κ3) is 6.00. The molecule has 9 aromatic carbocycles. The van der Waals surface area contributed by atoms with E-state index < -0.39 is 0 Å². The molecule has 1 aliphatic carbocycles. The lowest BCUT2D eigenvalue weighted by Crippen LogP contribution is -2.16. The van der Waals surface area contributed by atoms with Crippen LogP contribution in [0.1, 0.15) is 25.0 Å². The van der Waals surface area contributed by atoms with E-state index in [2.05, 4.69) is 196 Å². The normalized spacial score (nSPS) is 12.9. The zero-order valence-electron chi connectivity index (χ0n) is 35.7. The predicted molar refractivity (Wildman–Crippen MR) is 270 cm³/mol. The van der Waals surface area contributed by atoms with Crippen LogP contribution in [0.4, 0.5) is 0 Å². The molecule has 4 nitrogen and oxygen atoms in total. The van der Waals surface area contributed by atoms with E-state index in [0.29, 0.717) is 17.5 Å². The van der Waals surface area contributed by atoms with Crippen molar-refractivity contribution in [2.24, 2.45) is 0 Å². The smallest absolute Gasteiger partial charge is 0.165 e. The summed E-state index contributed by atoms with van der Waals surface area (Å²) in [6.45, 7) is 4.70. The summed E-state index contributed by atoms with van der Waals surface area (Å²) in [7, 11) is 0. The van der Waals surface area contributed by atoms with Gasteiger partial charge in [-0.3, -0.25) is 0 Å². The Kier molecular flexibility index (Phi) is 8.39. The van der Waals surface area contributed by atoms with Crippen LogP contribution < -0.4 is 0 Å². The molecule has 1 aliphatic rings. The molecule has 0 saturated carbocycles. The Hall–Kier alpha value is -7.99. The fourth-order valence-corrected chi connectivity index (χ4v) is 11.5. The maximum absolute atomic E-state index is 6.62. The number of aromatic nitrogens is 3. The van der Waals surface area contributed by atoms with Crippen molar-refractivity contribution in [1.82, 2.24) is 15.0 Å². The van der Waals surface area contributed by atoms with Crippen LogP contribution in [-0.4, -0.2) is 15.0 Å². The topological polar surface area (TPSA) is 51.8 Å². The molecular formula is C60H39N3OS. The van der Waals surface area contributed by atoms with E-state index in [0.717, 1.165) is 65.6 Å². The van der Waals surface area contributed by atoms with Crippen molar-refractivity contribution in [3.05, 3.63) is 211 Å². The zero-order chi connectivity index (χ0) is 43.2. The molecule has 306 valence electrons. The van der Waals surface area contributed by atoms with Crippen LogP contribution in [0, 0.1) is 0 Å². The van der Waals surface area contributed by atoms with Crippen molar-refractivity contribution in [1.29, 1.82) is 0 Å². The second kappa shape index (κ2) is 14.5. The van der Waals surface area contributed by atoms with Gasteiger partial charge in [0.05, 0.1) is 0 Å². The van der Waals surface area contributed by atoms with Gasteiger partial charge in [-0.25, -0.2) is 15.0 Å². The van der Waals surface area contributed by atoms with Gasteiger partial charge < -0.3 is 4.42 Å². The molecule has 65 heavy (non-hydrogen) atoms. The summed E-state index contributed by atoms with van der Waals surface area (Å²) >= 11 is 1.78. The van der Waals surface area contributed by atoms with Gasteiger partial charge in [0.1, 0.15) is 11.2 Å². The lowest BCUT2D eigenvalue weighted by molar-refractivity contribution is 0.662. The van der Waals surface area contributed by atoms with Crippen molar-refractivity contribution in [2.75, 3.05) is 0 Å². The SMILES string of the molecule is CC1(C)c2ccccc2-c2cccc(-c3cccc(-c4ccc5oc6cccc(-c7nc(-c8cccc(-c9ccccc9)c8)nc(-c8cccc9c8sc8ccccc89)n7)c6c5c4)c3)c21. The van der Waals surface area contributed by atoms with E-state index in [1.807, 2.05) is 18.2 Å². The maximum atomic E-state index is 6.62. The number of rotatable bonds is 6. The second-order valence-corrected chi connectivity index (χ2v) is 18.6. The Morgan fingerprint density at radius 2 is 0.969 bits per heavy atom. The molecule has 12 aromatic rings. The Labute approximate surface area is 380 Å². The third-order valence-electron chi connectivity index (χ3n) is 13.3. The van der Waals surface area contributed by atoms with Crippen LogP contribution in [0.2, 0.25) is 0 Å². The highest BCUT2D eigenvalue weighted by Crippen LogP contribution is 2.52. The van der Waals surface area contributed by atoms with E-state index in [1.54, 1.807) is 11.3 Å². The fraction of sp³-hybridized carbons (Fsp3) is 0.0500. The van der Waals surface area contributed by atoms with Gasteiger partial charge in [0.2, 0.25) is 0 Å². The average molecular weight is 850 g/mol. The molecule has 13 rings (SSSR count). The van der Waals surface area contributed by atoms with E-state index in [1.165, 1.54) is 48.9 Å². The molecule has 0 saturated heterocycles. The minimum atomic E-state index is -0.118. The van der Waals surface area contributed by atoms with Gasteiger partial charge in [-0.2, -0.15) is 0 Å². The number of benzene rings is 9. The predicted octanol–water partition coefficient (Wildman–Crippen LogP) is 16.4. The van der Waals surface area contributed by atoms with Gasteiger partial charge in [0.25, 0.3) is 0 Å². The molecule has 0 radical (unpaired) electrons. The number of hydrogen-bond acceptors (Lipinski definition) is 5. The van der Waals surface area contributed by atoms with Crippen molar-refractivity contribution in [2.45, 2.75) is 19.3 Å². The van der Waals surface area contributed by atoms with Gasteiger partial charge in [0, 0.05) is 53.1 Å². The Morgan fingerprint density at radius 3 is 1.86 bits per heavy atom. The molecular weight excluding hydrogens is 811 g/mol. The van der Waals surface area contributed by atoms with Crippen molar-refractivity contribution < 1.29 is 4.42 Å². The van der Waals surface area contributed by atoms with Crippen LogP contribution in [-0.2, 0) is 5.41 Å². The molecule has 3 aromatic heterocycles. The summed E-state index contributed by atoms with van der Waals surface area (Å²) in [5.74, 6) is 1.84. The van der Waals surface area contributed by atoms with E-state index >= 15 is 0 Å². The fourth-order valence-electron chi connectivity index (χ4n) is 10.3. The molecule has 0 spiro atoms.